The molecule has 0 aromatic heterocycles. The van der Waals surface area contributed by atoms with Crippen LogP contribution >= 0.6 is 0 Å². The SMILES string of the molecule is [2H]C[C@@H](CO)CCCC#Cc1ccc(OC)cc1. The van der Waals surface area contributed by atoms with E-state index in [-0.39, 0.29) is 12.5 Å². The maximum absolute atomic E-state index is 8.94. The van der Waals surface area contributed by atoms with Gasteiger partial charge in [-0.1, -0.05) is 18.7 Å². The third-order valence-corrected chi connectivity index (χ3v) is 2.50. The van der Waals surface area contributed by atoms with E-state index in [9.17, 15) is 0 Å². The second kappa shape index (κ2) is 7.76. The van der Waals surface area contributed by atoms with Crippen molar-refractivity contribution < 1.29 is 11.2 Å². The predicted octanol–water partition coefficient (Wildman–Crippen LogP) is 2.85. The Balaban J connectivity index is 2.32. The fourth-order valence-electron chi connectivity index (χ4n) is 1.41. The molecule has 2 heteroatoms. The zero-order valence-corrected chi connectivity index (χ0v) is 10.3. The average Bonchev–Trinajstić information content (AvgIpc) is 2.43. The lowest BCUT2D eigenvalue weighted by molar-refractivity contribution is 0.228. The van der Waals surface area contributed by atoms with Crippen molar-refractivity contribution in [3.63, 3.8) is 0 Å². The Morgan fingerprint density at radius 1 is 1.41 bits per heavy atom. The minimum Gasteiger partial charge on any atom is -0.497 e. The lowest BCUT2D eigenvalue weighted by Gasteiger charge is -2.03. The van der Waals surface area contributed by atoms with Gasteiger partial charge >= 0.3 is 0 Å². The molecule has 2 nitrogen and oxygen atoms in total. The number of methoxy groups -OCH3 is 1. The third-order valence-electron chi connectivity index (χ3n) is 2.50. The first-order valence-corrected chi connectivity index (χ1v) is 5.83. The highest BCUT2D eigenvalue weighted by Gasteiger charge is 1.97. The molecule has 0 saturated carbocycles. The van der Waals surface area contributed by atoms with Gasteiger partial charge in [0.2, 0.25) is 0 Å². The summed E-state index contributed by atoms with van der Waals surface area (Å²) in [5.41, 5.74) is 0.981. The number of aliphatic hydroxyl groups excluding tert-OH is 1. The van der Waals surface area contributed by atoms with Crippen LogP contribution in [0.1, 0.15) is 33.1 Å². The van der Waals surface area contributed by atoms with Crippen LogP contribution in [0, 0.1) is 17.8 Å². The number of unbranched alkanes of at least 4 members (excludes halogenated alkanes) is 1. The summed E-state index contributed by atoms with van der Waals surface area (Å²) in [4.78, 5) is 0. The van der Waals surface area contributed by atoms with E-state index in [4.69, 9.17) is 11.2 Å². The molecule has 0 saturated heterocycles. The number of benzene rings is 1. The van der Waals surface area contributed by atoms with Crippen molar-refractivity contribution in [2.75, 3.05) is 13.7 Å². The largest absolute Gasteiger partial charge is 0.497 e. The van der Waals surface area contributed by atoms with Gasteiger partial charge in [-0.3, -0.25) is 0 Å². The van der Waals surface area contributed by atoms with Crippen LogP contribution in [-0.4, -0.2) is 18.8 Å². The highest BCUT2D eigenvalue weighted by atomic mass is 16.5. The fraction of sp³-hybridized carbons (Fsp3) is 0.467. The van der Waals surface area contributed by atoms with E-state index in [1.807, 2.05) is 24.3 Å². The summed E-state index contributed by atoms with van der Waals surface area (Å²) >= 11 is 0. The summed E-state index contributed by atoms with van der Waals surface area (Å²) in [5, 5.41) is 8.94. The average molecular weight is 233 g/mol. The summed E-state index contributed by atoms with van der Waals surface area (Å²) < 4.78 is 12.3. The molecule has 0 aliphatic heterocycles. The minimum atomic E-state index is 0.104. The number of rotatable bonds is 5. The number of aliphatic hydroxyl groups is 1. The van der Waals surface area contributed by atoms with E-state index in [0.29, 0.717) is 6.90 Å². The molecule has 0 radical (unpaired) electrons. The standard InChI is InChI=1S/C15H20O2/c1-13(12-16)6-4-3-5-7-14-8-10-15(17-2)11-9-14/h8-11,13,16H,3-4,6,12H2,1-2H3/t13-/m1/s1/i1D. The van der Waals surface area contributed by atoms with Gasteiger partial charge in [-0.25, -0.2) is 0 Å². The number of hydrogen-bond donors (Lipinski definition) is 1. The summed E-state index contributed by atoms with van der Waals surface area (Å²) in [6, 6.07) is 7.66. The van der Waals surface area contributed by atoms with Crippen LogP contribution in [-0.2, 0) is 0 Å². The smallest absolute Gasteiger partial charge is 0.118 e. The topological polar surface area (TPSA) is 29.5 Å². The fourth-order valence-corrected chi connectivity index (χ4v) is 1.41. The summed E-state index contributed by atoms with van der Waals surface area (Å²) in [6.07, 6.45) is 2.62. The molecule has 0 aliphatic rings. The lowest BCUT2D eigenvalue weighted by atomic mass is 10.1. The molecule has 0 bridgehead atoms. The van der Waals surface area contributed by atoms with Crippen LogP contribution < -0.4 is 4.74 Å². The molecular formula is C15H20O2. The van der Waals surface area contributed by atoms with Gasteiger partial charge in [-0.05, 0) is 43.0 Å². The van der Waals surface area contributed by atoms with Crippen LogP contribution in [0.25, 0.3) is 0 Å². The molecular weight excluding hydrogens is 212 g/mol. The monoisotopic (exact) mass is 233 g/mol. The number of hydrogen-bond acceptors (Lipinski definition) is 2. The Morgan fingerprint density at radius 2 is 2.18 bits per heavy atom. The van der Waals surface area contributed by atoms with E-state index in [0.717, 1.165) is 30.6 Å². The normalized spacial score (nSPS) is 12.2. The molecule has 0 amide bonds. The molecule has 1 N–H and O–H groups in total. The third kappa shape index (κ3) is 5.42. The van der Waals surface area contributed by atoms with E-state index < -0.39 is 0 Å². The van der Waals surface area contributed by atoms with E-state index in [2.05, 4.69) is 11.8 Å². The molecule has 92 valence electrons. The molecule has 1 atom stereocenters. The zero-order valence-electron chi connectivity index (χ0n) is 11.3. The van der Waals surface area contributed by atoms with Crippen LogP contribution in [0.2, 0.25) is 0 Å². The summed E-state index contributed by atoms with van der Waals surface area (Å²) in [6.45, 7) is 0.401. The molecule has 0 fully saturated rings. The van der Waals surface area contributed by atoms with Crippen molar-refractivity contribution in [3.05, 3.63) is 29.8 Å². The van der Waals surface area contributed by atoms with E-state index >= 15 is 0 Å². The Labute approximate surface area is 105 Å². The first-order chi connectivity index (χ1) is 8.80. The lowest BCUT2D eigenvalue weighted by Crippen LogP contribution is -1.99. The summed E-state index contributed by atoms with van der Waals surface area (Å²) in [5.74, 6) is 7.14. The first kappa shape index (κ1) is 12.0. The second-order valence-corrected chi connectivity index (χ2v) is 3.97. The molecule has 0 aliphatic carbocycles. The van der Waals surface area contributed by atoms with Crippen molar-refractivity contribution in [2.45, 2.75) is 26.2 Å². The first-order valence-electron chi connectivity index (χ1n) is 6.54. The highest BCUT2D eigenvalue weighted by Crippen LogP contribution is 2.10. The van der Waals surface area contributed by atoms with Gasteiger partial charge in [-0.15, -0.1) is 0 Å². The van der Waals surface area contributed by atoms with Gasteiger partial charge in [-0.2, -0.15) is 0 Å². The Morgan fingerprint density at radius 3 is 2.76 bits per heavy atom. The van der Waals surface area contributed by atoms with Gasteiger partial charge in [0.15, 0.2) is 0 Å². The van der Waals surface area contributed by atoms with Crippen molar-refractivity contribution in [1.82, 2.24) is 0 Å². The molecule has 0 spiro atoms. The molecule has 1 rings (SSSR count). The van der Waals surface area contributed by atoms with Crippen molar-refractivity contribution >= 4 is 0 Å². The van der Waals surface area contributed by atoms with Gasteiger partial charge < -0.3 is 9.84 Å². The predicted molar refractivity (Wildman–Crippen MR) is 70.0 cm³/mol. The van der Waals surface area contributed by atoms with Crippen molar-refractivity contribution in [1.29, 1.82) is 0 Å². The highest BCUT2D eigenvalue weighted by molar-refractivity contribution is 5.38. The van der Waals surface area contributed by atoms with Gasteiger partial charge in [0, 0.05) is 20.0 Å². The number of ether oxygens (including phenoxy) is 1. The van der Waals surface area contributed by atoms with Crippen LogP contribution in [0.3, 0.4) is 0 Å². The second-order valence-electron chi connectivity index (χ2n) is 3.97. The van der Waals surface area contributed by atoms with Gasteiger partial charge in [0.1, 0.15) is 5.75 Å². The van der Waals surface area contributed by atoms with Crippen LogP contribution in [0.5, 0.6) is 5.75 Å². The maximum atomic E-state index is 8.94. The van der Waals surface area contributed by atoms with Crippen LogP contribution in [0.15, 0.2) is 24.3 Å². The van der Waals surface area contributed by atoms with E-state index in [1.165, 1.54) is 0 Å². The quantitative estimate of drug-likeness (QED) is 0.626. The minimum absolute atomic E-state index is 0.104. The zero-order chi connectivity index (χ0) is 13.2. The maximum Gasteiger partial charge on any atom is 0.118 e. The summed E-state index contributed by atoms with van der Waals surface area (Å²) in [7, 11) is 1.64. The molecule has 17 heavy (non-hydrogen) atoms. The molecule has 0 heterocycles. The van der Waals surface area contributed by atoms with Crippen molar-refractivity contribution in [3.8, 4) is 17.6 Å². The Bertz CT molecular complexity index is 385. The molecule has 0 unspecified atom stereocenters. The molecule has 1 aromatic rings. The van der Waals surface area contributed by atoms with E-state index in [1.54, 1.807) is 7.11 Å². The Kier molecular flexibility index (Phi) is 5.48. The Hall–Kier alpha value is -1.46. The van der Waals surface area contributed by atoms with Crippen molar-refractivity contribution in [2.24, 2.45) is 5.92 Å². The van der Waals surface area contributed by atoms with Gasteiger partial charge in [0.05, 0.1) is 7.11 Å². The molecule has 1 aromatic carbocycles. The van der Waals surface area contributed by atoms with Gasteiger partial charge in [0.25, 0.3) is 0 Å². The van der Waals surface area contributed by atoms with Crippen LogP contribution in [0.4, 0.5) is 0 Å².